The van der Waals surface area contributed by atoms with Crippen LogP contribution in [-0.2, 0) is 12.7 Å². The van der Waals surface area contributed by atoms with E-state index >= 15 is 0 Å². The molecule has 0 aromatic heterocycles. The van der Waals surface area contributed by atoms with Crippen molar-refractivity contribution in [2.75, 3.05) is 13.1 Å². The van der Waals surface area contributed by atoms with Gasteiger partial charge in [0.2, 0.25) is 0 Å². The highest BCUT2D eigenvalue weighted by atomic mass is 19.4. The maximum Gasteiger partial charge on any atom is 0.416 e. The monoisotopic (exact) mass is 290 g/mol. The maximum atomic E-state index is 13.0. The highest BCUT2D eigenvalue weighted by molar-refractivity contribution is 5.30. The molecule has 0 spiro atoms. The van der Waals surface area contributed by atoms with Crippen LogP contribution in [-0.4, -0.2) is 24.0 Å². The van der Waals surface area contributed by atoms with Gasteiger partial charge in [0.25, 0.3) is 0 Å². The van der Waals surface area contributed by atoms with E-state index in [0.29, 0.717) is 19.2 Å². The van der Waals surface area contributed by atoms with Gasteiger partial charge < -0.3 is 5.73 Å². The van der Waals surface area contributed by atoms with Gasteiger partial charge in [-0.25, -0.2) is 4.39 Å². The normalized spacial score (nSPS) is 24.9. The summed E-state index contributed by atoms with van der Waals surface area (Å²) in [7, 11) is 0. The van der Waals surface area contributed by atoms with Crippen molar-refractivity contribution in [3.8, 4) is 0 Å². The molecule has 1 aliphatic rings. The van der Waals surface area contributed by atoms with Crippen LogP contribution in [0.2, 0.25) is 0 Å². The van der Waals surface area contributed by atoms with Gasteiger partial charge in [0, 0.05) is 19.1 Å². The Morgan fingerprint density at radius 2 is 2.05 bits per heavy atom. The molecule has 6 heteroatoms. The first kappa shape index (κ1) is 15.3. The molecule has 2 atom stereocenters. The van der Waals surface area contributed by atoms with Gasteiger partial charge in [-0.3, -0.25) is 4.90 Å². The second kappa shape index (κ2) is 5.69. The van der Waals surface area contributed by atoms with Crippen LogP contribution in [0.4, 0.5) is 17.6 Å². The molecule has 112 valence electrons. The van der Waals surface area contributed by atoms with Crippen LogP contribution in [0, 0.1) is 11.7 Å². The standard InChI is InChI=1S/C14H18F4N2/c1-9-7-20(5-4-13(9)19)8-10-2-3-11(15)6-12(10)14(16,17)18/h2-3,6,9,13H,4-5,7-8,19H2,1H3. The van der Waals surface area contributed by atoms with Gasteiger partial charge in [-0.15, -0.1) is 0 Å². The first-order valence-electron chi connectivity index (χ1n) is 6.61. The molecule has 1 aromatic carbocycles. The Labute approximate surface area is 115 Å². The molecule has 0 aliphatic carbocycles. The zero-order valence-corrected chi connectivity index (χ0v) is 11.3. The number of halogens is 4. The average Bonchev–Trinajstić information content (AvgIpc) is 2.35. The summed E-state index contributed by atoms with van der Waals surface area (Å²) in [5, 5.41) is 0. The van der Waals surface area contributed by atoms with E-state index in [2.05, 4.69) is 0 Å². The van der Waals surface area contributed by atoms with E-state index in [1.54, 1.807) is 0 Å². The second-order valence-corrected chi connectivity index (χ2v) is 5.46. The highest BCUT2D eigenvalue weighted by Crippen LogP contribution is 2.33. The molecule has 20 heavy (non-hydrogen) atoms. The fourth-order valence-electron chi connectivity index (χ4n) is 2.59. The molecule has 2 unspecified atom stereocenters. The van der Waals surface area contributed by atoms with Crippen molar-refractivity contribution in [1.29, 1.82) is 0 Å². The minimum atomic E-state index is -4.53. The Morgan fingerprint density at radius 1 is 1.35 bits per heavy atom. The van der Waals surface area contributed by atoms with Crippen LogP contribution in [0.3, 0.4) is 0 Å². The number of hydrogen-bond donors (Lipinski definition) is 1. The summed E-state index contributed by atoms with van der Waals surface area (Å²) in [5.74, 6) is -0.617. The number of piperidine rings is 1. The topological polar surface area (TPSA) is 29.3 Å². The summed E-state index contributed by atoms with van der Waals surface area (Å²) in [6, 6.07) is 2.96. The Morgan fingerprint density at radius 3 is 2.65 bits per heavy atom. The Hall–Kier alpha value is -1.14. The van der Waals surface area contributed by atoms with E-state index in [1.165, 1.54) is 6.07 Å². The fraction of sp³-hybridized carbons (Fsp3) is 0.571. The third-order valence-electron chi connectivity index (χ3n) is 3.83. The van der Waals surface area contributed by atoms with Gasteiger partial charge in [0.05, 0.1) is 5.56 Å². The lowest BCUT2D eigenvalue weighted by molar-refractivity contribution is -0.138. The molecule has 2 rings (SSSR count). The summed E-state index contributed by atoms with van der Waals surface area (Å²) in [4.78, 5) is 1.94. The van der Waals surface area contributed by atoms with E-state index in [-0.39, 0.29) is 24.1 Å². The molecule has 0 amide bonds. The molecule has 1 fully saturated rings. The average molecular weight is 290 g/mol. The van der Waals surface area contributed by atoms with Crippen molar-refractivity contribution in [3.63, 3.8) is 0 Å². The maximum absolute atomic E-state index is 13.0. The van der Waals surface area contributed by atoms with Crippen molar-refractivity contribution in [1.82, 2.24) is 4.90 Å². The summed E-state index contributed by atoms with van der Waals surface area (Å²) < 4.78 is 51.8. The van der Waals surface area contributed by atoms with Crippen molar-refractivity contribution >= 4 is 0 Å². The summed E-state index contributed by atoms with van der Waals surface area (Å²) in [5.41, 5.74) is 5.12. The van der Waals surface area contributed by atoms with Gasteiger partial charge in [-0.1, -0.05) is 13.0 Å². The molecular formula is C14H18F4N2. The second-order valence-electron chi connectivity index (χ2n) is 5.46. The molecule has 0 radical (unpaired) electrons. The molecule has 1 heterocycles. The smallest absolute Gasteiger partial charge is 0.327 e. The Bertz CT molecular complexity index is 473. The zero-order chi connectivity index (χ0) is 14.9. The highest BCUT2D eigenvalue weighted by Gasteiger charge is 2.34. The minimum Gasteiger partial charge on any atom is -0.327 e. The van der Waals surface area contributed by atoms with E-state index in [0.717, 1.165) is 12.5 Å². The van der Waals surface area contributed by atoms with E-state index < -0.39 is 17.6 Å². The largest absolute Gasteiger partial charge is 0.416 e. The third kappa shape index (κ3) is 3.49. The molecule has 2 N–H and O–H groups in total. The third-order valence-corrected chi connectivity index (χ3v) is 3.83. The number of hydrogen-bond acceptors (Lipinski definition) is 2. The van der Waals surface area contributed by atoms with Gasteiger partial charge in [-0.05, 0) is 36.6 Å². The SMILES string of the molecule is CC1CN(Cc2ccc(F)cc2C(F)(F)F)CCC1N. The van der Waals surface area contributed by atoms with Crippen LogP contribution in [0.25, 0.3) is 0 Å². The van der Waals surface area contributed by atoms with Crippen molar-refractivity contribution in [2.45, 2.75) is 32.1 Å². The van der Waals surface area contributed by atoms with E-state index in [4.69, 9.17) is 5.73 Å². The van der Waals surface area contributed by atoms with E-state index in [1.807, 2.05) is 11.8 Å². The summed E-state index contributed by atoms with van der Waals surface area (Å²) in [6.07, 6.45) is -3.76. The predicted octanol–water partition coefficient (Wildman–Crippen LogP) is 3.01. The summed E-state index contributed by atoms with van der Waals surface area (Å²) in [6.45, 7) is 3.49. The van der Waals surface area contributed by atoms with Crippen molar-refractivity contribution < 1.29 is 17.6 Å². The molecule has 0 bridgehead atoms. The Balaban J connectivity index is 2.17. The number of nitrogens with zero attached hydrogens (tertiary/aromatic N) is 1. The number of nitrogens with two attached hydrogens (primary N) is 1. The molecule has 0 saturated carbocycles. The van der Waals surface area contributed by atoms with Crippen LogP contribution in [0.15, 0.2) is 18.2 Å². The molecule has 1 saturated heterocycles. The fourth-order valence-corrected chi connectivity index (χ4v) is 2.59. The zero-order valence-electron chi connectivity index (χ0n) is 11.3. The molecule has 2 nitrogen and oxygen atoms in total. The van der Waals surface area contributed by atoms with Crippen molar-refractivity contribution in [2.24, 2.45) is 11.7 Å². The van der Waals surface area contributed by atoms with Gasteiger partial charge in [0.15, 0.2) is 0 Å². The summed E-state index contributed by atoms with van der Waals surface area (Å²) >= 11 is 0. The lowest BCUT2D eigenvalue weighted by Crippen LogP contribution is -2.45. The first-order valence-corrected chi connectivity index (χ1v) is 6.61. The molecule has 1 aromatic rings. The first-order chi connectivity index (χ1) is 9.27. The number of alkyl halides is 3. The molecule has 1 aliphatic heterocycles. The van der Waals surface area contributed by atoms with Crippen LogP contribution < -0.4 is 5.73 Å². The lowest BCUT2D eigenvalue weighted by Gasteiger charge is -2.35. The van der Waals surface area contributed by atoms with E-state index in [9.17, 15) is 17.6 Å². The predicted molar refractivity (Wildman–Crippen MR) is 68.4 cm³/mol. The Kier molecular flexibility index (Phi) is 4.34. The number of likely N-dealkylation sites (tertiary alicyclic amines) is 1. The lowest BCUT2D eigenvalue weighted by atomic mass is 9.94. The number of rotatable bonds is 2. The van der Waals surface area contributed by atoms with Crippen molar-refractivity contribution in [3.05, 3.63) is 35.1 Å². The molecular weight excluding hydrogens is 272 g/mol. The van der Waals surface area contributed by atoms with Crippen LogP contribution in [0.5, 0.6) is 0 Å². The van der Waals surface area contributed by atoms with Crippen LogP contribution >= 0.6 is 0 Å². The number of benzene rings is 1. The van der Waals surface area contributed by atoms with Gasteiger partial charge >= 0.3 is 6.18 Å². The van der Waals surface area contributed by atoms with Crippen LogP contribution in [0.1, 0.15) is 24.5 Å². The quantitative estimate of drug-likeness (QED) is 0.848. The van der Waals surface area contributed by atoms with Gasteiger partial charge in [0.1, 0.15) is 5.82 Å². The van der Waals surface area contributed by atoms with Gasteiger partial charge in [-0.2, -0.15) is 13.2 Å². The minimum absolute atomic E-state index is 0.0987.